The van der Waals surface area contributed by atoms with Gasteiger partial charge in [-0.3, -0.25) is 4.79 Å². The minimum atomic E-state index is -4.08. The molecule has 1 N–H and O–H groups in total. The van der Waals surface area contributed by atoms with Crippen LogP contribution in [0.4, 0.5) is 8.78 Å². The molecule has 0 fully saturated rings. The summed E-state index contributed by atoms with van der Waals surface area (Å²) in [4.78, 5) is 14.5. The third-order valence-electron chi connectivity index (χ3n) is 3.97. The van der Waals surface area contributed by atoms with Gasteiger partial charge in [0.1, 0.15) is 4.90 Å². The van der Waals surface area contributed by atoms with E-state index in [0.717, 1.165) is 23.4 Å². The lowest BCUT2D eigenvalue weighted by Gasteiger charge is -2.08. The molecule has 0 aliphatic heterocycles. The van der Waals surface area contributed by atoms with Gasteiger partial charge in [-0.2, -0.15) is 0 Å². The molecule has 0 aliphatic rings. The lowest BCUT2D eigenvalue weighted by molar-refractivity contribution is 0.510. The highest BCUT2D eigenvalue weighted by atomic mass is 32.2. The van der Waals surface area contributed by atoms with E-state index >= 15 is 0 Å². The zero-order valence-electron chi connectivity index (χ0n) is 12.9. The quantitative estimate of drug-likeness (QED) is 0.772. The molecule has 0 atom stereocenters. The zero-order chi connectivity index (χ0) is 17.6. The number of rotatable bonds is 2. The summed E-state index contributed by atoms with van der Waals surface area (Å²) in [6.45, 7) is 3.60. The van der Waals surface area contributed by atoms with Gasteiger partial charge in [-0.25, -0.2) is 17.2 Å². The predicted molar refractivity (Wildman–Crippen MR) is 85.9 cm³/mol. The van der Waals surface area contributed by atoms with Gasteiger partial charge in [-0.15, -0.1) is 0 Å². The Morgan fingerprint density at radius 2 is 1.62 bits per heavy atom. The standard InChI is InChI=1S/C17H13F2NO3S/c1-9-3-4-11(5-10(9)2)24(22,23)16-8-20-15-7-14(19)13(18)6-12(15)17(16)21/h3-8H,1-2H3,(H,20,21). The van der Waals surface area contributed by atoms with Crippen molar-refractivity contribution in [1.29, 1.82) is 0 Å². The second-order valence-electron chi connectivity index (χ2n) is 5.54. The van der Waals surface area contributed by atoms with E-state index in [-0.39, 0.29) is 15.8 Å². The van der Waals surface area contributed by atoms with Crippen LogP contribution in [0.3, 0.4) is 0 Å². The minimum absolute atomic E-state index is 0.0259. The number of hydrogen-bond donors (Lipinski definition) is 1. The maximum absolute atomic E-state index is 13.4. The molecule has 2 aromatic carbocycles. The van der Waals surface area contributed by atoms with Gasteiger partial charge in [0, 0.05) is 17.6 Å². The number of sulfone groups is 1. The fourth-order valence-corrected chi connectivity index (χ4v) is 3.80. The van der Waals surface area contributed by atoms with Crippen molar-refractivity contribution in [3.05, 3.63) is 69.5 Å². The summed E-state index contributed by atoms with van der Waals surface area (Å²) in [5.74, 6) is -2.34. The van der Waals surface area contributed by atoms with Gasteiger partial charge >= 0.3 is 0 Å². The number of aryl methyl sites for hydroxylation is 2. The number of fused-ring (bicyclic) bond motifs is 1. The van der Waals surface area contributed by atoms with Crippen LogP contribution in [0.2, 0.25) is 0 Å². The molecule has 0 amide bonds. The van der Waals surface area contributed by atoms with Gasteiger partial charge in [0.05, 0.1) is 10.4 Å². The molecule has 0 saturated heterocycles. The van der Waals surface area contributed by atoms with Crippen molar-refractivity contribution >= 4 is 20.7 Å². The van der Waals surface area contributed by atoms with Crippen molar-refractivity contribution in [2.75, 3.05) is 0 Å². The number of H-pyrrole nitrogens is 1. The maximum atomic E-state index is 13.4. The van der Waals surface area contributed by atoms with Crippen LogP contribution in [0.5, 0.6) is 0 Å². The van der Waals surface area contributed by atoms with E-state index in [1.54, 1.807) is 13.0 Å². The first kappa shape index (κ1) is 16.3. The average molecular weight is 349 g/mol. The molecule has 0 bridgehead atoms. The van der Waals surface area contributed by atoms with Crippen LogP contribution in [0, 0.1) is 25.5 Å². The van der Waals surface area contributed by atoms with Crippen LogP contribution in [0.25, 0.3) is 10.9 Å². The summed E-state index contributed by atoms with van der Waals surface area (Å²) in [5.41, 5.74) is 0.833. The van der Waals surface area contributed by atoms with E-state index in [9.17, 15) is 22.0 Å². The van der Waals surface area contributed by atoms with Crippen molar-refractivity contribution < 1.29 is 17.2 Å². The highest BCUT2D eigenvalue weighted by molar-refractivity contribution is 7.91. The summed E-state index contributed by atoms with van der Waals surface area (Å²) in [5, 5.41) is -0.223. The smallest absolute Gasteiger partial charge is 0.211 e. The molecule has 3 aromatic rings. The Labute approximate surface area is 136 Å². The number of benzene rings is 2. The Morgan fingerprint density at radius 1 is 0.958 bits per heavy atom. The Bertz CT molecular complexity index is 1130. The van der Waals surface area contributed by atoms with Crippen LogP contribution in [0.1, 0.15) is 11.1 Å². The lowest BCUT2D eigenvalue weighted by atomic mass is 10.1. The van der Waals surface area contributed by atoms with Gasteiger partial charge in [0.2, 0.25) is 15.3 Å². The first-order valence-electron chi connectivity index (χ1n) is 7.04. The average Bonchev–Trinajstić information content (AvgIpc) is 2.52. The monoisotopic (exact) mass is 349 g/mol. The van der Waals surface area contributed by atoms with Crippen LogP contribution in [-0.4, -0.2) is 13.4 Å². The molecule has 0 saturated carbocycles. The van der Waals surface area contributed by atoms with Crippen LogP contribution >= 0.6 is 0 Å². The molecule has 7 heteroatoms. The topological polar surface area (TPSA) is 67.0 Å². The molecule has 1 heterocycles. The number of halogens is 2. The van der Waals surface area contributed by atoms with Crippen LogP contribution in [-0.2, 0) is 9.84 Å². The Kier molecular flexibility index (Phi) is 3.76. The third-order valence-corrected chi connectivity index (χ3v) is 5.72. The summed E-state index contributed by atoms with van der Waals surface area (Å²) >= 11 is 0. The highest BCUT2D eigenvalue weighted by Crippen LogP contribution is 2.22. The lowest BCUT2D eigenvalue weighted by Crippen LogP contribution is -2.16. The summed E-state index contributed by atoms with van der Waals surface area (Å²) in [7, 11) is -4.08. The molecule has 0 aliphatic carbocycles. The molecule has 0 radical (unpaired) electrons. The predicted octanol–water partition coefficient (Wildman–Crippen LogP) is 3.26. The second-order valence-corrected chi connectivity index (χ2v) is 7.46. The van der Waals surface area contributed by atoms with Crippen molar-refractivity contribution in [3.63, 3.8) is 0 Å². The fraction of sp³-hybridized carbons (Fsp3) is 0.118. The van der Waals surface area contributed by atoms with Crippen molar-refractivity contribution in [2.45, 2.75) is 23.6 Å². The zero-order valence-corrected chi connectivity index (χ0v) is 13.7. The molecule has 0 unspecified atom stereocenters. The molecule has 1 aromatic heterocycles. The number of aromatic amines is 1. The molecule has 3 rings (SSSR count). The van der Waals surface area contributed by atoms with Gasteiger partial charge in [-0.1, -0.05) is 6.07 Å². The molecule has 24 heavy (non-hydrogen) atoms. The number of hydrogen-bond acceptors (Lipinski definition) is 3. The Balaban J connectivity index is 2.28. The van der Waals surface area contributed by atoms with Crippen LogP contribution in [0.15, 0.2) is 51.1 Å². The normalized spacial score (nSPS) is 11.8. The van der Waals surface area contributed by atoms with Gasteiger partial charge in [0.15, 0.2) is 11.6 Å². The van der Waals surface area contributed by atoms with Gasteiger partial charge in [-0.05, 0) is 43.2 Å². The summed E-state index contributed by atoms with van der Waals surface area (Å²) < 4.78 is 52.1. The van der Waals surface area contributed by atoms with Gasteiger partial charge in [0.25, 0.3) is 0 Å². The molecule has 4 nitrogen and oxygen atoms in total. The highest BCUT2D eigenvalue weighted by Gasteiger charge is 2.23. The summed E-state index contributed by atoms with van der Waals surface area (Å²) in [6.07, 6.45) is 1.01. The minimum Gasteiger partial charge on any atom is -0.360 e. The summed E-state index contributed by atoms with van der Waals surface area (Å²) in [6, 6.07) is 6.04. The van der Waals surface area contributed by atoms with E-state index in [4.69, 9.17) is 0 Å². The third kappa shape index (κ3) is 2.50. The molecule has 0 spiro atoms. The van der Waals surface area contributed by atoms with Crippen molar-refractivity contribution in [3.8, 4) is 0 Å². The Hall–Kier alpha value is -2.54. The second kappa shape index (κ2) is 5.52. The van der Waals surface area contributed by atoms with Crippen molar-refractivity contribution in [1.82, 2.24) is 4.98 Å². The number of pyridine rings is 1. The largest absolute Gasteiger partial charge is 0.360 e. The van der Waals surface area contributed by atoms with E-state index in [1.165, 1.54) is 12.1 Å². The molecular weight excluding hydrogens is 336 g/mol. The SMILES string of the molecule is Cc1ccc(S(=O)(=O)c2c[nH]c3cc(F)c(F)cc3c2=O)cc1C. The first-order chi connectivity index (χ1) is 11.2. The Morgan fingerprint density at radius 3 is 2.29 bits per heavy atom. The number of aromatic nitrogens is 1. The number of nitrogens with one attached hydrogen (secondary N) is 1. The maximum Gasteiger partial charge on any atom is 0.211 e. The van der Waals surface area contributed by atoms with E-state index in [2.05, 4.69) is 4.98 Å². The fourth-order valence-electron chi connectivity index (χ4n) is 2.40. The molecular formula is C17H13F2NO3S. The van der Waals surface area contributed by atoms with Crippen molar-refractivity contribution in [2.24, 2.45) is 0 Å². The van der Waals surface area contributed by atoms with E-state index in [1.807, 2.05) is 6.92 Å². The van der Waals surface area contributed by atoms with E-state index in [0.29, 0.717) is 6.07 Å². The van der Waals surface area contributed by atoms with Crippen LogP contribution < -0.4 is 5.43 Å². The molecule has 124 valence electrons. The van der Waals surface area contributed by atoms with E-state index < -0.39 is 31.8 Å². The van der Waals surface area contributed by atoms with Gasteiger partial charge < -0.3 is 4.98 Å². The first-order valence-corrected chi connectivity index (χ1v) is 8.53.